The summed E-state index contributed by atoms with van der Waals surface area (Å²) >= 11 is 0. The molecule has 0 aliphatic heterocycles. The summed E-state index contributed by atoms with van der Waals surface area (Å²) in [5, 5.41) is 10.8. The molecule has 7 heteroatoms. The number of hydrogen-bond acceptors (Lipinski definition) is 7. The Balaban J connectivity index is 2.34. The van der Waals surface area contributed by atoms with Gasteiger partial charge in [0, 0.05) is 17.8 Å². The second kappa shape index (κ2) is 5.96. The van der Waals surface area contributed by atoms with E-state index in [1.807, 2.05) is 0 Å². The molecule has 0 radical (unpaired) electrons. The zero-order chi connectivity index (χ0) is 14.5. The lowest BCUT2D eigenvalue weighted by Gasteiger charge is -2.14. The van der Waals surface area contributed by atoms with Gasteiger partial charge in [-0.25, -0.2) is 0 Å². The molecule has 1 aromatic heterocycles. The van der Waals surface area contributed by atoms with Gasteiger partial charge in [0.25, 0.3) is 0 Å². The fraction of sp³-hybridized carbons (Fsp3) is 0.231. The van der Waals surface area contributed by atoms with Gasteiger partial charge >= 0.3 is 0 Å². The van der Waals surface area contributed by atoms with Crippen molar-refractivity contribution >= 4 is 17.3 Å². The number of nitrogens with zero attached hydrogens (tertiary/aromatic N) is 2. The molecule has 0 spiro atoms. The number of hydrogen-bond donors (Lipinski definition) is 2. The third-order valence-electron chi connectivity index (χ3n) is 2.62. The van der Waals surface area contributed by atoms with E-state index in [0.717, 1.165) is 5.69 Å². The van der Waals surface area contributed by atoms with Crippen LogP contribution in [0.1, 0.15) is 0 Å². The van der Waals surface area contributed by atoms with E-state index in [2.05, 4.69) is 15.5 Å². The van der Waals surface area contributed by atoms with Crippen LogP contribution in [-0.2, 0) is 0 Å². The number of aromatic nitrogens is 2. The van der Waals surface area contributed by atoms with Crippen molar-refractivity contribution in [1.29, 1.82) is 0 Å². The van der Waals surface area contributed by atoms with Crippen LogP contribution in [0, 0.1) is 0 Å². The predicted octanol–water partition coefficient (Wildman–Crippen LogP) is 1.83. The summed E-state index contributed by atoms with van der Waals surface area (Å²) in [5.74, 6) is 2.56. The number of ether oxygens (including phenoxy) is 3. The molecule has 0 unspecified atom stereocenters. The average Bonchev–Trinajstić information content (AvgIpc) is 2.48. The van der Waals surface area contributed by atoms with E-state index in [-0.39, 0.29) is 0 Å². The number of rotatable bonds is 5. The normalized spacial score (nSPS) is 9.95. The Kier molecular flexibility index (Phi) is 4.09. The zero-order valence-corrected chi connectivity index (χ0v) is 11.5. The Morgan fingerprint density at radius 3 is 2.05 bits per heavy atom. The summed E-state index contributed by atoms with van der Waals surface area (Å²) in [6, 6.07) is 6.94. The van der Waals surface area contributed by atoms with Crippen molar-refractivity contribution in [3.8, 4) is 17.2 Å². The number of anilines is 3. The molecule has 1 aromatic carbocycles. The van der Waals surface area contributed by atoms with Crippen molar-refractivity contribution in [2.24, 2.45) is 0 Å². The highest BCUT2D eigenvalue weighted by Gasteiger charge is 2.13. The van der Waals surface area contributed by atoms with Crippen LogP contribution in [0.25, 0.3) is 0 Å². The minimum absolute atomic E-state index is 0.362. The van der Waals surface area contributed by atoms with Gasteiger partial charge < -0.3 is 25.3 Å². The molecule has 0 amide bonds. The molecule has 0 atom stereocenters. The first kappa shape index (κ1) is 13.7. The highest BCUT2D eigenvalue weighted by atomic mass is 16.5. The largest absolute Gasteiger partial charge is 0.493 e. The van der Waals surface area contributed by atoms with Crippen LogP contribution in [0.4, 0.5) is 17.3 Å². The predicted molar refractivity (Wildman–Crippen MR) is 75.8 cm³/mol. The summed E-state index contributed by atoms with van der Waals surface area (Å²) in [6.07, 6.45) is 0. The number of nitrogens with one attached hydrogen (secondary N) is 1. The van der Waals surface area contributed by atoms with Crippen LogP contribution in [0.5, 0.6) is 17.2 Å². The van der Waals surface area contributed by atoms with Gasteiger partial charge in [-0.05, 0) is 12.1 Å². The Bertz CT molecular complexity index is 562. The molecule has 0 bridgehead atoms. The van der Waals surface area contributed by atoms with Crippen LogP contribution in [0.15, 0.2) is 24.3 Å². The van der Waals surface area contributed by atoms with Crippen molar-refractivity contribution in [3.05, 3.63) is 24.3 Å². The summed E-state index contributed by atoms with van der Waals surface area (Å²) in [4.78, 5) is 0. The van der Waals surface area contributed by atoms with Crippen LogP contribution in [0.2, 0.25) is 0 Å². The van der Waals surface area contributed by atoms with Gasteiger partial charge in [0.15, 0.2) is 17.3 Å². The van der Waals surface area contributed by atoms with Crippen molar-refractivity contribution < 1.29 is 14.2 Å². The van der Waals surface area contributed by atoms with Gasteiger partial charge in [-0.2, -0.15) is 0 Å². The van der Waals surface area contributed by atoms with Gasteiger partial charge in [0.1, 0.15) is 5.82 Å². The lowest BCUT2D eigenvalue weighted by Crippen LogP contribution is -2.00. The summed E-state index contributed by atoms with van der Waals surface area (Å²) in [5.41, 5.74) is 6.23. The molecule has 106 valence electrons. The fourth-order valence-electron chi connectivity index (χ4n) is 1.71. The van der Waals surface area contributed by atoms with E-state index in [1.165, 1.54) is 0 Å². The SMILES string of the molecule is COc1cc(Nc2ccc(N)nn2)cc(OC)c1OC. The molecule has 0 saturated heterocycles. The smallest absolute Gasteiger partial charge is 0.203 e. The Morgan fingerprint density at radius 2 is 1.60 bits per heavy atom. The van der Waals surface area contributed by atoms with Gasteiger partial charge in [0.05, 0.1) is 21.3 Å². The summed E-state index contributed by atoms with van der Waals surface area (Å²) in [7, 11) is 4.67. The molecule has 0 saturated carbocycles. The Labute approximate surface area is 116 Å². The fourth-order valence-corrected chi connectivity index (χ4v) is 1.71. The molecule has 0 fully saturated rings. The van der Waals surface area contributed by atoms with E-state index < -0.39 is 0 Å². The van der Waals surface area contributed by atoms with Crippen LogP contribution >= 0.6 is 0 Å². The first-order valence-corrected chi connectivity index (χ1v) is 5.84. The summed E-state index contributed by atoms with van der Waals surface area (Å²) < 4.78 is 15.8. The maximum absolute atomic E-state index is 5.49. The topological polar surface area (TPSA) is 91.5 Å². The van der Waals surface area contributed by atoms with Crippen LogP contribution in [0.3, 0.4) is 0 Å². The first-order chi connectivity index (χ1) is 9.67. The monoisotopic (exact) mass is 276 g/mol. The first-order valence-electron chi connectivity index (χ1n) is 5.84. The molecule has 7 nitrogen and oxygen atoms in total. The minimum atomic E-state index is 0.362. The molecule has 2 rings (SSSR count). The lowest BCUT2D eigenvalue weighted by atomic mass is 10.2. The standard InChI is InChI=1S/C13H16N4O3/c1-18-9-6-8(7-10(19-2)13(9)20-3)15-12-5-4-11(14)16-17-12/h4-7H,1-3H3,(H2,14,16)(H,15,17). The van der Waals surface area contributed by atoms with E-state index in [9.17, 15) is 0 Å². The molecule has 20 heavy (non-hydrogen) atoms. The van der Waals surface area contributed by atoms with Crippen molar-refractivity contribution in [2.75, 3.05) is 32.4 Å². The molecular formula is C13H16N4O3. The lowest BCUT2D eigenvalue weighted by molar-refractivity contribution is 0.324. The maximum atomic E-state index is 5.49. The third kappa shape index (κ3) is 2.82. The van der Waals surface area contributed by atoms with Crippen LogP contribution < -0.4 is 25.3 Å². The molecule has 0 aliphatic rings. The molecule has 1 heterocycles. The van der Waals surface area contributed by atoms with Gasteiger partial charge in [0.2, 0.25) is 5.75 Å². The van der Waals surface area contributed by atoms with Gasteiger partial charge in [-0.1, -0.05) is 0 Å². The highest BCUT2D eigenvalue weighted by Crippen LogP contribution is 2.40. The third-order valence-corrected chi connectivity index (χ3v) is 2.62. The number of methoxy groups -OCH3 is 3. The Morgan fingerprint density at radius 1 is 0.950 bits per heavy atom. The molecular weight excluding hydrogens is 260 g/mol. The van der Waals surface area contributed by atoms with Crippen molar-refractivity contribution in [1.82, 2.24) is 10.2 Å². The molecule has 2 aromatic rings. The van der Waals surface area contributed by atoms with Crippen molar-refractivity contribution in [3.63, 3.8) is 0 Å². The number of nitrogens with two attached hydrogens (primary N) is 1. The zero-order valence-electron chi connectivity index (χ0n) is 11.5. The summed E-state index contributed by atoms with van der Waals surface area (Å²) in [6.45, 7) is 0. The second-order valence-electron chi connectivity index (χ2n) is 3.88. The molecule has 3 N–H and O–H groups in total. The minimum Gasteiger partial charge on any atom is -0.493 e. The van der Waals surface area contributed by atoms with Gasteiger partial charge in [-0.15, -0.1) is 10.2 Å². The second-order valence-corrected chi connectivity index (χ2v) is 3.88. The van der Waals surface area contributed by atoms with E-state index in [1.54, 1.807) is 45.6 Å². The molecule has 0 aliphatic carbocycles. The van der Waals surface area contributed by atoms with Crippen molar-refractivity contribution in [2.45, 2.75) is 0 Å². The Hall–Kier alpha value is -2.70. The van der Waals surface area contributed by atoms with E-state index in [0.29, 0.717) is 28.9 Å². The van der Waals surface area contributed by atoms with Gasteiger partial charge in [-0.3, -0.25) is 0 Å². The quantitative estimate of drug-likeness (QED) is 0.860. The van der Waals surface area contributed by atoms with Crippen LogP contribution in [-0.4, -0.2) is 31.5 Å². The van der Waals surface area contributed by atoms with E-state index in [4.69, 9.17) is 19.9 Å². The maximum Gasteiger partial charge on any atom is 0.203 e. The number of benzene rings is 1. The van der Waals surface area contributed by atoms with E-state index >= 15 is 0 Å². The highest BCUT2D eigenvalue weighted by molar-refractivity contribution is 5.66. The number of nitrogen functional groups attached to an aromatic ring is 1. The average molecular weight is 276 g/mol.